The van der Waals surface area contributed by atoms with Crippen LogP contribution in [0.15, 0.2) is 24.3 Å². The number of aryl methyl sites for hydroxylation is 2. The number of ether oxygens (including phenoxy) is 1. The van der Waals surface area contributed by atoms with Gasteiger partial charge in [-0.3, -0.25) is 0 Å². The van der Waals surface area contributed by atoms with Gasteiger partial charge in [-0.1, -0.05) is 12.1 Å². The highest BCUT2D eigenvalue weighted by Gasteiger charge is 2.05. The largest absolute Gasteiger partial charge is 0.383 e. The number of aromatic nitrogens is 2. The lowest BCUT2D eigenvalue weighted by Crippen LogP contribution is -2.20. The van der Waals surface area contributed by atoms with Gasteiger partial charge in [0, 0.05) is 27.1 Å². The van der Waals surface area contributed by atoms with E-state index in [2.05, 4.69) is 40.1 Å². The number of hydrogen-bond acceptors (Lipinski definition) is 3. The Hall–Kier alpha value is -1.39. The molecule has 0 atom stereocenters. The van der Waals surface area contributed by atoms with Crippen molar-refractivity contribution in [3.05, 3.63) is 30.1 Å². The predicted molar refractivity (Wildman–Crippen MR) is 73.8 cm³/mol. The number of hydrogen-bond donors (Lipinski definition) is 1. The van der Waals surface area contributed by atoms with E-state index in [0.717, 1.165) is 43.9 Å². The SMILES string of the molecule is COCCNCCCc1nc2ccccc2n1C. The topological polar surface area (TPSA) is 39.1 Å². The van der Waals surface area contributed by atoms with Crippen LogP contribution >= 0.6 is 0 Å². The van der Waals surface area contributed by atoms with Crippen molar-refractivity contribution in [3.8, 4) is 0 Å². The van der Waals surface area contributed by atoms with Crippen LogP contribution in [0.5, 0.6) is 0 Å². The molecule has 0 aliphatic carbocycles. The van der Waals surface area contributed by atoms with Gasteiger partial charge in [0.1, 0.15) is 5.82 Å². The van der Waals surface area contributed by atoms with Crippen molar-refractivity contribution in [2.45, 2.75) is 12.8 Å². The van der Waals surface area contributed by atoms with Crippen LogP contribution in [0, 0.1) is 0 Å². The molecule has 4 nitrogen and oxygen atoms in total. The number of fused-ring (bicyclic) bond motifs is 1. The molecule has 2 aromatic rings. The predicted octanol–water partition coefficient (Wildman–Crippen LogP) is 1.74. The molecule has 0 radical (unpaired) electrons. The number of nitrogens with one attached hydrogen (secondary N) is 1. The highest BCUT2D eigenvalue weighted by molar-refractivity contribution is 5.75. The van der Waals surface area contributed by atoms with Gasteiger partial charge < -0.3 is 14.6 Å². The molecule has 1 N–H and O–H groups in total. The molecule has 0 fully saturated rings. The fraction of sp³-hybridized carbons (Fsp3) is 0.500. The van der Waals surface area contributed by atoms with Gasteiger partial charge in [-0.2, -0.15) is 0 Å². The lowest BCUT2D eigenvalue weighted by atomic mass is 10.3. The summed E-state index contributed by atoms with van der Waals surface area (Å²) in [5.74, 6) is 1.16. The van der Waals surface area contributed by atoms with Crippen molar-refractivity contribution >= 4 is 11.0 Å². The summed E-state index contributed by atoms with van der Waals surface area (Å²) in [7, 11) is 3.81. The highest BCUT2D eigenvalue weighted by atomic mass is 16.5. The van der Waals surface area contributed by atoms with E-state index in [1.807, 2.05) is 6.07 Å². The van der Waals surface area contributed by atoms with Crippen LogP contribution in [0.25, 0.3) is 11.0 Å². The number of nitrogens with zero attached hydrogens (tertiary/aromatic N) is 2. The van der Waals surface area contributed by atoms with Gasteiger partial charge in [-0.05, 0) is 25.1 Å². The van der Waals surface area contributed by atoms with Crippen LogP contribution in [0.3, 0.4) is 0 Å². The van der Waals surface area contributed by atoms with Gasteiger partial charge in [-0.15, -0.1) is 0 Å². The van der Waals surface area contributed by atoms with E-state index < -0.39 is 0 Å². The van der Waals surface area contributed by atoms with E-state index >= 15 is 0 Å². The molecule has 18 heavy (non-hydrogen) atoms. The van der Waals surface area contributed by atoms with Crippen LogP contribution in [0.4, 0.5) is 0 Å². The first-order valence-corrected chi connectivity index (χ1v) is 6.43. The van der Waals surface area contributed by atoms with E-state index in [-0.39, 0.29) is 0 Å². The van der Waals surface area contributed by atoms with Crippen molar-refractivity contribution in [1.82, 2.24) is 14.9 Å². The quantitative estimate of drug-likeness (QED) is 0.758. The summed E-state index contributed by atoms with van der Waals surface area (Å²) in [5, 5.41) is 3.35. The van der Waals surface area contributed by atoms with Gasteiger partial charge in [0.15, 0.2) is 0 Å². The fourth-order valence-corrected chi connectivity index (χ4v) is 2.09. The van der Waals surface area contributed by atoms with Crippen LogP contribution in [-0.2, 0) is 18.2 Å². The van der Waals surface area contributed by atoms with Gasteiger partial charge in [-0.25, -0.2) is 4.98 Å². The van der Waals surface area contributed by atoms with E-state index in [0.29, 0.717) is 0 Å². The second-order valence-electron chi connectivity index (χ2n) is 4.42. The van der Waals surface area contributed by atoms with Crippen LogP contribution < -0.4 is 5.32 Å². The maximum atomic E-state index is 4.99. The third-order valence-corrected chi connectivity index (χ3v) is 3.12. The number of para-hydroxylation sites is 2. The molecule has 4 heteroatoms. The van der Waals surface area contributed by atoms with Crippen molar-refractivity contribution in [2.24, 2.45) is 7.05 Å². The Morgan fingerprint density at radius 1 is 1.28 bits per heavy atom. The van der Waals surface area contributed by atoms with E-state index in [4.69, 9.17) is 4.74 Å². The Morgan fingerprint density at radius 3 is 2.89 bits per heavy atom. The normalized spacial score (nSPS) is 11.2. The lowest BCUT2D eigenvalue weighted by molar-refractivity contribution is 0.199. The first-order chi connectivity index (χ1) is 8.83. The summed E-state index contributed by atoms with van der Waals surface area (Å²) in [5.41, 5.74) is 2.29. The molecule has 0 unspecified atom stereocenters. The molecule has 98 valence electrons. The zero-order chi connectivity index (χ0) is 12.8. The van der Waals surface area contributed by atoms with Crippen LogP contribution in [-0.4, -0.2) is 36.4 Å². The molecule has 0 bridgehead atoms. The van der Waals surface area contributed by atoms with Gasteiger partial charge in [0.2, 0.25) is 0 Å². The summed E-state index contributed by atoms with van der Waals surface area (Å²) < 4.78 is 7.17. The van der Waals surface area contributed by atoms with Crippen molar-refractivity contribution in [1.29, 1.82) is 0 Å². The zero-order valence-electron chi connectivity index (χ0n) is 11.1. The first kappa shape index (κ1) is 13.1. The molecule has 0 saturated carbocycles. The molecular weight excluding hydrogens is 226 g/mol. The molecular formula is C14H21N3O. The maximum Gasteiger partial charge on any atom is 0.109 e. The van der Waals surface area contributed by atoms with E-state index in [1.54, 1.807) is 7.11 Å². The number of rotatable bonds is 7. The minimum atomic E-state index is 0.770. The number of benzene rings is 1. The van der Waals surface area contributed by atoms with Crippen molar-refractivity contribution < 1.29 is 4.74 Å². The zero-order valence-corrected chi connectivity index (χ0v) is 11.1. The Labute approximate surface area is 108 Å². The Bertz CT molecular complexity index is 493. The van der Waals surface area contributed by atoms with E-state index in [9.17, 15) is 0 Å². The molecule has 1 aromatic carbocycles. The molecule has 0 spiro atoms. The highest BCUT2D eigenvalue weighted by Crippen LogP contribution is 2.14. The summed E-state index contributed by atoms with van der Waals surface area (Å²) in [6.07, 6.45) is 2.10. The monoisotopic (exact) mass is 247 g/mol. The first-order valence-electron chi connectivity index (χ1n) is 6.43. The smallest absolute Gasteiger partial charge is 0.109 e. The molecule has 0 aliphatic rings. The molecule has 1 heterocycles. The van der Waals surface area contributed by atoms with Crippen LogP contribution in [0.2, 0.25) is 0 Å². The Balaban J connectivity index is 1.86. The molecule has 0 amide bonds. The fourth-order valence-electron chi connectivity index (χ4n) is 2.09. The minimum Gasteiger partial charge on any atom is -0.383 e. The van der Waals surface area contributed by atoms with Crippen molar-refractivity contribution in [2.75, 3.05) is 26.8 Å². The lowest BCUT2D eigenvalue weighted by Gasteiger charge is -2.04. The van der Waals surface area contributed by atoms with Gasteiger partial charge in [0.25, 0.3) is 0 Å². The number of imidazole rings is 1. The van der Waals surface area contributed by atoms with Gasteiger partial charge >= 0.3 is 0 Å². The molecule has 0 aliphatic heterocycles. The summed E-state index contributed by atoms with van der Waals surface area (Å²) in [4.78, 5) is 4.66. The second kappa shape index (κ2) is 6.52. The van der Waals surface area contributed by atoms with Crippen LogP contribution in [0.1, 0.15) is 12.2 Å². The second-order valence-corrected chi connectivity index (χ2v) is 4.42. The summed E-state index contributed by atoms with van der Waals surface area (Å²) in [6, 6.07) is 8.27. The third-order valence-electron chi connectivity index (χ3n) is 3.12. The minimum absolute atomic E-state index is 0.770. The third kappa shape index (κ3) is 3.09. The van der Waals surface area contributed by atoms with Crippen molar-refractivity contribution in [3.63, 3.8) is 0 Å². The Kier molecular flexibility index (Phi) is 4.73. The average molecular weight is 247 g/mol. The molecule has 2 rings (SSSR count). The maximum absolute atomic E-state index is 4.99. The molecule has 1 aromatic heterocycles. The summed E-state index contributed by atoms with van der Waals surface area (Å²) >= 11 is 0. The molecule has 0 saturated heterocycles. The number of methoxy groups -OCH3 is 1. The van der Waals surface area contributed by atoms with E-state index in [1.165, 1.54) is 5.52 Å². The average Bonchev–Trinajstić information content (AvgIpc) is 2.71. The summed E-state index contributed by atoms with van der Waals surface area (Å²) in [6.45, 7) is 2.69. The standard InChI is InChI=1S/C14H21N3O/c1-17-13-7-4-3-6-12(13)16-14(17)8-5-9-15-10-11-18-2/h3-4,6-7,15H,5,8-11H2,1-2H3. The van der Waals surface area contributed by atoms with Gasteiger partial charge in [0.05, 0.1) is 17.6 Å². The Morgan fingerprint density at radius 2 is 2.11 bits per heavy atom.